The minimum absolute atomic E-state index is 0. The number of amides is 2. The number of carbonyl (C=O) groups is 2. The maximum atomic E-state index is 12.2. The third-order valence-electron chi connectivity index (χ3n) is 5.70. The van der Waals surface area contributed by atoms with Crippen LogP contribution in [0.3, 0.4) is 0 Å². The van der Waals surface area contributed by atoms with Crippen LogP contribution in [0, 0.1) is 5.92 Å². The van der Waals surface area contributed by atoms with Crippen LogP contribution >= 0.6 is 12.4 Å². The molecule has 3 fully saturated rings. The molecule has 0 aromatic carbocycles. The van der Waals surface area contributed by atoms with Crippen molar-refractivity contribution in [2.24, 2.45) is 11.7 Å². The predicted molar refractivity (Wildman–Crippen MR) is 92.3 cm³/mol. The van der Waals surface area contributed by atoms with Crippen molar-refractivity contribution < 1.29 is 9.59 Å². The van der Waals surface area contributed by atoms with Crippen molar-refractivity contribution in [3.8, 4) is 0 Å². The molecule has 3 atom stereocenters. The van der Waals surface area contributed by atoms with Gasteiger partial charge < -0.3 is 16.0 Å². The van der Waals surface area contributed by atoms with Crippen molar-refractivity contribution in [3.05, 3.63) is 0 Å². The Kier molecular flexibility index (Phi) is 6.72. The number of nitrogens with zero attached hydrogens (tertiary/aromatic N) is 1. The van der Waals surface area contributed by atoms with Crippen molar-refractivity contribution in [1.29, 1.82) is 0 Å². The third-order valence-corrected chi connectivity index (χ3v) is 5.70. The molecule has 5 nitrogen and oxygen atoms in total. The lowest BCUT2D eigenvalue weighted by molar-refractivity contribution is -0.130. The number of rotatable bonds is 4. The second kappa shape index (κ2) is 8.34. The van der Waals surface area contributed by atoms with Gasteiger partial charge in [0.05, 0.1) is 6.04 Å². The molecule has 0 aromatic heterocycles. The van der Waals surface area contributed by atoms with Crippen LogP contribution < -0.4 is 11.1 Å². The highest BCUT2D eigenvalue weighted by Gasteiger charge is 2.36. The molecule has 0 bridgehead atoms. The molecular weight excluding hydrogens is 314 g/mol. The summed E-state index contributed by atoms with van der Waals surface area (Å²) in [5, 5.41) is 3.07. The first-order valence-corrected chi connectivity index (χ1v) is 8.98. The summed E-state index contributed by atoms with van der Waals surface area (Å²) in [6, 6.07) is 0.584. The van der Waals surface area contributed by atoms with Crippen LogP contribution in [0.15, 0.2) is 0 Å². The molecule has 0 aromatic rings. The molecule has 3 aliphatic rings. The van der Waals surface area contributed by atoms with Gasteiger partial charge in [0.2, 0.25) is 11.8 Å². The van der Waals surface area contributed by atoms with E-state index in [0.29, 0.717) is 31.3 Å². The predicted octanol–water partition coefficient (Wildman–Crippen LogP) is 1.98. The number of likely N-dealkylation sites (tertiary alicyclic amines) is 1. The van der Waals surface area contributed by atoms with Crippen LogP contribution in [0.25, 0.3) is 0 Å². The topological polar surface area (TPSA) is 75.4 Å². The fraction of sp³-hybridized carbons (Fsp3) is 0.882. The highest BCUT2D eigenvalue weighted by Crippen LogP contribution is 2.28. The Hall–Kier alpha value is -0.810. The lowest BCUT2D eigenvalue weighted by Crippen LogP contribution is -2.42. The van der Waals surface area contributed by atoms with E-state index in [1.807, 2.05) is 4.90 Å². The van der Waals surface area contributed by atoms with Gasteiger partial charge in [0.25, 0.3) is 0 Å². The molecule has 1 aliphatic heterocycles. The van der Waals surface area contributed by atoms with E-state index in [1.54, 1.807) is 0 Å². The molecule has 1 heterocycles. The Labute approximate surface area is 145 Å². The van der Waals surface area contributed by atoms with Crippen LogP contribution in [0.4, 0.5) is 0 Å². The van der Waals surface area contributed by atoms with E-state index in [4.69, 9.17) is 5.73 Å². The third kappa shape index (κ3) is 4.60. The Morgan fingerprint density at radius 1 is 1.13 bits per heavy atom. The van der Waals surface area contributed by atoms with Gasteiger partial charge in [-0.25, -0.2) is 0 Å². The summed E-state index contributed by atoms with van der Waals surface area (Å²) >= 11 is 0. The van der Waals surface area contributed by atoms with Gasteiger partial charge in [-0.2, -0.15) is 0 Å². The summed E-state index contributed by atoms with van der Waals surface area (Å²) in [6.45, 7) is 0.700. The smallest absolute Gasteiger partial charge is 0.225 e. The minimum Gasteiger partial charge on any atom is -0.351 e. The molecule has 2 aliphatic carbocycles. The van der Waals surface area contributed by atoms with Gasteiger partial charge in [0.1, 0.15) is 0 Å². The quantitative estimate of drug-likeness (QED) is 0.819. The van der Waals surface area contributed by atoms with E-state index in [-0.39, 0.29) is 36.3 Å². The van der Waals surface area contributed by atoms with Gasteiger partial charge in [0, 0.05) is 31.5 Å². The van der Waals surface area contributed by atoms with E-state index in [9.17, 15) is 9.59 Å². The van der Waals surface area contributed by atoms with Crippen molar-refractivity contribution in [2.45, 2.75) is 82.3 Å². The molecule has 2 saturated carbocycles. The van der Waals surface area contributed by atoms with Crippen molar-refractivity contribution in [1.82, 2.24) is 10.2 Å². The number of hydrogen-bond acceptors (Lipinski definition) is 3. The van der Waals surface area contributed by atoms with Crippen LogP contribution in [0.5, 0.6) is 0 Å². The van der Waals surface area contributed by atoms with Crippen molar-refractivity contribution in [3.63, 3.8) is 0 Å². The molecule has 23 heavy (non-hydrogen) atoms. The van der Waals surface area contributed by atoms with E-state index in [2.05, 4.69) is 5.32 Å². The Balaban J connectivity index is 0.00000192. The highest BCUT2D eigenvalue weighted by atomic mass is 35.5. The van der Waals surface area contributed by atoms with E-state index < -0.39 is 0 Å². The number of nitrogens with one attached hydrogen (secondary N) is 1. The molecule has 2 amide bonds. The first-order chi connectivity index (χ1) is 10.6. The number of carbonyl (C=O) groups excluding carboxylic acids is 2. The van der Waals surface area contributed by atoms with Crippen LogP contribution in [-0.4, -0.2) is 41.4 Å². The number of hydrogen-bond donors (Lipinski definition) is 2. The summed E-state index contributed by atoms with van der Waals surface area (Å²) in [5.74, 6) is 0.618. The fourth-order valence-corrected chi connectivity index (χ4v) is 4.42. The lowest BCUT2D eigenvalue weighted by atomic mass is 9.94. The minimum atomic E-state index is -0.000413. The Morgan fingerprint density at radius 3 is 2.52 bits per heavy atom. The van der Waals surface area contributed by atoms with Gasteiger partial charge in [-0.1, -0.05) is 25.7 Å². The van der Waals surface area contributed by atoms with Gasteiger partial charge in [0.15, 0.2) is 0 Å². The monoisotopic (exact) mass is 343 g/mol. The summed E-state index contributed by atoms with van der Waals surface area (Å²) in [5.41, 5.74) is 6.03. The molecule has 1 saturated heterocycles. The number of nitrogens with two attached hydrogens (primary N) is 1. The SMILES string of the molecule is Cl.N[C@@H]1CCC[C@H]1CC(=O)NC1CC(=O)N(C2CCCCC2)C1. The molecule has 132 valence electrons. The zero-order chi connectivity index (χ0) is 15.5. The summed E-state index contributed by atoms with van der Waals surface area (Å²) in [4.78, 5) is 26.4. The summed E-state index contributed by atoms with van der Waals surface area (Å²) in [7, 11) is 0. The molecule has 0 spiro atoms. The van der Waals surface area contributed by atoms with Crippen molar-refractivity contribution >= 4 is 24.2 Å². The molecule has 1 unspecified atom stereocenters. The van der Waals surface area contributed by atoms with E-state index in [0.717, 1.165) is 32.1 Å². The first-order valence-electron chi connectivity index (χ1n) is 8.98. The maximum absolute atomic E-state index is 12.2. The van der Waals surface area contributed by atoms with E-state index in [1.165, 1.54) is 19.3 Å². The average Bonchev–Trinajstić information content (AvgIpc) is 3.06. The Morgan fingerprint density at radius 2 is 1.87 bits per heavy atom. The second-order valence-corrected chi connectivity index (χ2v) is 7.37. The average molecular weight is 344 g/mol. The van der Waals surface area contributed by atoms with Crippen molar-refractivity contribution in [2.75, 3.05) is 6.54 Å². The molecule has 0 radical (unpaired) electrons. The highest BCUT2D eigenvalue weighted by molar-refractivity contribution is 5.85. The van der Waals surface area contributed by atoms with Crippen LogP contribution in [0.1, 0.15) is 64.2 Å². The fourth-order valence-electron chi connectivity index (χ4n) is 4.42. The summed E-state index contributed by atoms with van der Waals surface area (Å²) in [6.07, 6.45) is 10.2. The molecular formula is C17H30ClN3O2. The normalized spacial score (nSPS) is 32.0. The van der Waals surface area contributed by atoms with Gasteiger partial charge in [-0.15, -0.1) is 12.4 Å². The molecule has 3 N–H and O–H groups in total. The second-order valence-electron chi connectivity index (χ2n) is 7.37. The zero-order valence-electron chi connectivity index (χ0n) is 13.8. The van der Waals surface area contributed by atoms with Gasteiger partial charge in [-0.3, -0.25) is 9.59 Å². The van der Waals surface area contributed by atoms with Gasteiger partial charge >= 0.3 is 0 Å². The first kappa shape index (κ1) is 18.5. The molecule has 6 heteroatoms. The summed E-state index contributed by atoms with van der Waals surface area (Å²) < 4.78 is 0. The van der Waals surface area contributed by atoms with E-state index >= 15 is 0 Å². The lowest BCUT2D eigenvalue weighted by Gasteiger charge is -2.31. The van der Waals surface area contributed by atoms with Crippen LogP contribution in [-0.2, 0) is 9.59 Å². The number of halogens is 1. The maximum Gasteiger partial charge on any atom is 0.225 e. The standard InChI is InChI=1S/C17H29N3O2.ClH/c18-15-8-4-5-12(15)9-16(21)19-13-10-17(22)20(11-13)14-6-2-1-3-7-14;/h12-15H,1-11,18H2,(H,19,21);1H/t12-,13?,15+;/m0./s1. The Bertz CT molecular complexity index is 426. The largest absolute Gasteiger partial charge is 0.351 e. The zero-order valence-corrected chi connectivity index (χ0v) is 14.7. The molecule has 3 rings (SSSR count). The van der Waals surface area contributed by atoms with Crippen LogP contribution in [0.2, 0.25) is 0 Å². The van der Waals surface area contributed by atoms with Gasteiger partial charge in [-0.05, 0) is 31.6 Å².